The van der Waals surface area contributed by atoms with Gasteiger partial charge < -0.3 is 35.3 Å². The number of carbonyl (C=O) groups excluding carboxylic acids is 6. The first kappa shape index (κ1) is 50.7. The van der Waals surface area contributed by atoms with Crippen molar-refractivity contribution in [1.82, 2.24) is 10.2 Å². The normalized spacial score (nSPS) is 26.4. The molecule has 5 N–H and O–H groups in total. The number of anilines is 2. The van der Waals surface area contributed by atoms with Crippen molar-refractivity contribution >= 4 is 46.7 Å². The number of rotatable bonds is 22. The van der Waals surface area contributed by atoms with Crippen LogP contribution in [0.4, 0.5) is 11.4 Å². The molecular formula is C55H69N5O10. The molecule has 3 fully saturated rings. The van der Waals surface area contributed by atoms with Gasteiger partial charge in [-0.2, -0.15) is 0 Å². The van der Waals surface area contributed by atoms with Crippen molar-refractivity contribution in [3.8, 4) is 11.8 Å². The number of allylic oxidation sites excluding steroid dienone is 4. The van der Waals surface area contributed by atoms with Gasteiger partial charge in [-0.1, -0.05) is 36.6 Å². The fourth-order valence-corrected chi connectivity index (χ4v) is 12.3. The highest BCUT2D eigenvalue weighted by atomic mass is 16.5. The summed E-state index contributed by atoms with van der Waals surface area (Å²) < 4.78 is 17.1. The predicted molar refractivity (Wildman–Crippen MR) is 264 cm³/mol. The van der Waals surface area contributed by atoms with Crippen molar-refractivity contribution in [2.24, 2.45) is 28.9 Å². The molecule has 2 aromatic rings. The van der Waals surface area contributed by atoms with Gasteiger partial charge in [0.25, 0.3) is 11.8 Å². The lowest BCUT2D eigenvalue weighted by atomic mass is 9.51. The summed E-state index contributed by atoms with van der Waals surface area (Å²) in [6, 6.07) is 12.7. The monoisotopic (exact) mass is 960 g/mol. The maximum Gasteiger partial charge on any atom is 0.264 e. The van der Waals surface area contributed by atoms with Gasteiger partial charge in [-0.15, -0.1) is 5.92 Å². The summed E-state index contributed by atoms with van der Waals surface area (Å²) in [6.45, 7) is 7.80. The molecule has 1 saturated heterocycles. The lowest BCUT2D eigenvalue weighted by Crippen LogP contribution is -2.54. The van der Waals surface area contributed by atoms with Gasteiger partial charge in [-0.05, 0) is 136 Å². The van der Waals surface area contributed by atoms with Crippen LogP contribution in [0.5, 0.6) is 0 Å². The van der Waals surface area contributed by atoms with E-state index >= 15 is 0 Å². The topological polar surface area (TPSA) is 207 Å². The first-order valence-corrected chi connectivity index (χ1v) is 25.3. The maximum atomic E-state index is 13.3. The Labute approximate surface area is 411 Å². The maximum absolute atomic E-state index is 13.3. The zero-order chi connectivity index (χ0) is 49.6. The van der Waals surface area contributed by atoms with Crippen LogP contribution in [0.25, 0.3) is 0 Å². The van der Waals surface area contributed by atoms with Crippen molar-refractivity contribution < 1.29 is 48.1 Å². The number of fused-ring (bicyclic) bond motifs is 5. The second-order valence-electron chi connectivity index (χ2n) is 20.1. The van der Waals surface area contributed by atoms with Crippen LogP contribution in [-0.2, 0) is 33.4 Å². The molecule has 15 heteroatoms. The summed E-state index contributed by atoms with van der Waals surface area (Å²) in [5.41, 5.74) is 11.9. The largest absolute Gasteiger partial charge is 0.384 e. The summed E-state index contributed by atoms with van der Waals surface area (Å²) in [5.74, 6) is 4.64. The molecule has 2 aromatic carbocycles. The fourth-order valence-electron chi connectivity index (χ4n) is 12.3. The minimum Gasteiger partial charge on any atom is -0.384 e. The van der Waals surface area contributed by atoms with E-state index in [2.05, 4.69) is 58.6 Å². The SMILES string of the molecule is CC#C[C@]1(O)CC[C@H]2[C@@H]3CCC4=CC(=O)CCC4=C3[C@@H](c3ccc(N(C)CCC(CCCOCCOCCOCCCNc4cccc5c4C(=O)N(C4CCC(=O)NC4=O)C5=O)C(N)=O)cc3)C[C@@]21C. The number of piperidine rings is 1. The lowest BCUT2D eigenvalue weighted by Gasteiger charge is -2.53. The van der Waals surface area contributed by atoms with Crippen molar-refractivity contribution in [2.45, 2.75) is 115 Å². The first-order chi connectivity index (χ1) is 33.7. The van der Waals surface area contributed by atoms with Crippen LogP contribution in [0.2, 0.25) is 0 Å². The Morgan fingerprint density at radius 3 is 2.36 bits per heavy atom. The molecule has 0 spiro atoms. The average molecular weight is 960 g/mol. The zero-order valence-corrected chi connectivity index (χ0v) is 40.9. The number of nitrogens with two attached hydrogens (primary N) is 1. The molecule has 2 aliphatic heterocycles. The molecule has 2 unspecified atom stereocenters. The van der Waals surface area contributed by atoms with Gasteiger partial charge >= 0.3 is 0 Å². The summed E-state index contributed by atoms with van der Waals surface area (Å²) in [5, 5.41) is 17.5. The van der Waals surface area contributed by atoms with E-state index in [0.717, 1.165) is 42.7 Å². The smallest absolute Gasteiger partial charge is 0.264 e. The summed E-state index contributed by atoms with van der Waals surface area (Å²) >= 11 is 0. The number of ether oxygens (including phenoxy) is 3. The quantitative estimate of drug-likeness (QED) is 0.0609. The number of aliphatic hydroxyl groups is 1. The van der Waals surface area contributed by atoms with E-state index < -0.39 is 35.3 Å². The van der Waals surface area contributed by atoms with Crippen LogP contribution < -0.4 is 21.3 Å². The van der Waals surface area contributed by atoms with E-state index in [0.29, 0.717) is 109 Å². The fraction of sp³-hybridized carbons (Fsp3) is 0.564. The van der Waals surface area contributed by atoms with E-state index in [1.165, 1.54) is 22.3 Å². The Kier molecular flexibility index (Phi) is 16.1. The Balaban J connectivity index is 0.716. The van der Waals surface area contributed by atoms with Crippen molar-refractivity contribution in [3.05, 3.63) is 82.0 Å². The predicted octanol–water partition coefficient (Wildman–Crippen LogP) is 6.00. The Bertz CT molecular complexity index is 2470. The van der Waals surface area contributed by atoms with Crippen LogP contribution in [0, 0.1) is 35.0 Å². The van der Waals surface area contributed by atoms with Gasteiger partial charge in [0.2, 0.25) is 17.7 Å². The second kappa shape index (κ2) is 22.2. The highest BCUT2D eigenvalue weighted by Crippen LogP contribution is 2.66. The number of benzene rings is 2. The molecule has 5 amide bonds. The molecule has 0 aromatic heterocycles. The van der Waals surface area contributed by atoms with Gasteiger partial charge in [-0.25, -0.2) is 0 Å². The van der Waals surface area contributed by atoms with E-state index in [9.17, 15) is 33.9 Å². The number of hydrogen-bond donors (Lipinski definition) is 4. The van der Waals surface area contributed by atoms with Gasteiger partial charge in [-0.3, -0.25) is 39.0 Å². The molecule has 15 nitrogen and oxygen atoms in total. The number of hydrogen-bond acceptors (Lipinski definition) is 12. The summed E-state index contributed by atoms with van der Waals surface area (Å²) in [4.78, 5) is 78.4. The van der Waals surface area contributed by atoms with Gasteiger partial charge in [0.1, 0.15) is 11.6 Å². The van der Waals surface area contributed by atoms with Crippen molar-refractivity contribution in [2.75, 3.05) is 70.0 Å². The molecule has 8 rings (SSSR count). The Morgan fingerprint density at radius 1 is 0.914 bits per heavy atom. The van der Waals surface area contributed by atoms with Crippen LogP contribution in [0.15, 0.2) is 65.3 Å². The molecule has 70 heavy (non-hydrogen) atoms. The van der Waals surface area contributed by atoms with Crippen LogP contribution >= 0.6 is 0 Å². The molecule has 4 aliphatic carbocycles. The number of imide groups is 2. The number of ketones is 1. The van der Waals surface area contributed by atoms with Crippen LogP contribution in [0.1, 0.15) is 130 Å². The van der Waals surface area contributed by atoms with Crippen LogP contribution in [0.3, 0.4) is 0 Å². The number of amides is 5. The molecule has 7 atom stereocenters. The number of nitrogens with zero attached hydrogens (tertiary/aromatic N) is 2. The molecule has 0 bridgehead atoms. The van der Waals surface area contributed by atoms with Crippen molar-refractivity contribution in [3.63, 3.8) is 0 Å². The van der Waals surface area contributed by atoms with E-state index in [-0.39, 0.29) is 52.9 Å². The van der Waals surface area contributed by atoms with Crippen LogP contribution in [-0.4, -0.2) is 117 Å². The summed E-state index contributed by atoms with van der Waals surface area (Å²) in [6.07, 6.45) is 10.4. The minimum atomic E-state index is -1.02. The number of nitrogens with one attached hydrogen (secondary N) is 2. The molecule has 374 valence electrons. The molecular weight excluding hydrogens is 891 g/mol. The highest BCUT2D eigenvalue weighted by Gasteiger charge is 2.62. The third-order valence-corrected chi connectivity index (χ3v) is 16.0. The minimum absolute atomic E-state index is 0.0618. The van der Waals surface area contributed by atoms with Gasteiger partial charge in [0.05, 0.1) is 37.6 Å². The number of primary amides is 1. The Hall–Kier alpha value is -5.66. The molecule has 2 saturated carbocycles. The molecule has 6 aliphatic rings. The van der Waals surface area contributed by atoms with E-state index in [1.807, 2.05) is 20.0 Å². The molecule has 0 radical (unpaired) electrons. The summed E-state index contributed by atoms with van der Waals surface area (Å²) in [7, 11) is 2.04. The molecule has 2 heterocycles. The zero-order valence-electron chi connectivity index (χ0n) is 40.9. The van der Waals surface area contributed by atoms with E-state index in [4.69, 9.17) is 19.9 Å². The van der Waals surface area contributed by atoms with Gasteiger partial charge in [0.15, 0.2) is 5.78 Å². The third kappa shape index (κ3) is 10.5. The van der Waals surface area contributed by atoms with Gasteiger partial charge in [0, 0.05) is 74.8 Å². The lowest BCUT2D eigenvalue weighted by molar-refractivity contribution is -0.136. The number of carbonyl (C=O) groups is 6. The van der Waals surface area contributed by atoms with Crippen molar-refractivity contribution in [1.29, 1.82) is 0 Å². The second-order valence-corrected chi connectivity index (χ2v) is 20.1. The standard InChI is InChI=1S/C55H69N5O10/c1-4-23-55(67)24-21-44-41-17-13-37-33-39(61)16-18-40(37)48(41)43(34-54(44,55)2)35-11-14-38(15-12-35)59(3)26-22-36(50(56)63)8-6-27-68-29-31-70-32-30-69-28-7-25-57-45-10-5-9-42-49(45)53(66)60(52(42)65)46-19-20-47(62)58-51(46)64/h5,9-12,14-15,33,36,41,43-44,46,57,67H,6-8,13,16-22,24-32,34H2,1-3H3,(H2,56,63)(H,58,62,64)/t36?,41-,43+,44-,46?,54-,55-/m0/s1. The highest BCUT2D eigenvalue weighted by molar-refractivity contribution is 6.25. The average Bonchev–Trinajstić information content (AvgIpc) is 3.76. The Morgan fingerprint density at radius 2 is 1.64 bits per heavy atom. The third-order valence-electron chi connectivity index (χ3n) is 16.0. The van der Waals surface area contributed by atoms with E-state index in [1.54, 1.807) is 18.2 Å². The first-order valence-electron chi connectivity index (χ1n) is 25.3.